The first-order chi connectivity index (χ1) is 13.7. The van der Waals surface area contributed by atoms with Crippen LogP contribution in [0, 0.1) is 5.92 Å². The lowest BCUT2D eigenvalue weighted by molar-refractivity contribution is 0.100. The molecule has 7 heteroatoms. The summed E-state index contributed by atoms with van der Waals surface area (Å²) in [5, 5.41) is 8.37. The van der Waals surface area contributed by atoms with E-state index in [1.807, 2.05) is 35.2 Å². The molecular weight excluding hydrogens is 372 g/mol. The van der Waals surface area contributed by atoms with E-state index < -0.39 is 0 Å². The summed E-state index contributed by atoms with van der Waals surface area (Å²) in [6.07, 6.45) is 1.09. The summed E-state index contributed by atoms with van der Waals surface area (Å²) in [5.41, 5.74) is 3.02. The number of ketones is 1. The third-order valence-electron chi connectivity index (χ3n) is 4.99. The number of carbonyl (C=O) groups is 1. The van der Waals surface area contributed by atoms with Crippen molar-refractivity contribution < 1.29 is 9.21 Å². The zero-order valence-corrected chi connectivity index (χ0v) is 16.1. The summed E-state index contributed by atoms with van der Waals surface area (Å²) in [6, 6.07) is 16.6. The highest BCUT2D eigenvalue weighted by Gasteiger charge is 2.26. The minimum absolute atomic E-state index is 0.00288. The van der Waals surface area contributed by atoms with Gasteiger partial charge < -0.3 is 9.32 Å². The molecule has 0 radical (unpaired) electrons. The third kappa shape index (κ3) is 3.07. The van der Waals surface area contributed by atoms with Crippen LogP contribution in [-0.4, -0.2) is 34.1 Å². The van der Waals surface area contributed by atoms with Gasteiger partial charge in [0.2, 0.25) is 0 Å². The summed E-state index contributed by atoms with van der Waals surface area (Å²) in [7, 11) is 0. The number of hydrogen-bond acceptors (Lipinski definition) is 7. The standard InChI is InChI=1S/C21H18N4O2S/c1-13-9-10-25(12-13)21-24-23-19(27-21)18(26)20-22-16-8-7-15(11-17(16)28-20)14-5-3-2-4-6-14/h2-8,11,13H,9-10,12H2,1H3/t13-/m1/s1. The quantitative estimate of drug-likeness (QED) is 0.480. The fraction of sp³-hybridized carbons (Fsp3) is 0.238. The molecule has 1 aliphatic heterocycles. The smallest absolute Gasteiger partial charge is 0.318 e. The largest absolute Gasteiger partial charge is 0.400 e. The van der Waals surface area contributed by atoms with Crippen molar-refractivity contribution in [3.05, 3.63) is 59.4 Å². The SMILES string of the molecule is C[C@@H]1CCN(c2nnc(C(=O)c3nc4ccc(-c5ccccc5)cc4s3)o2)C1. The van der Waals surface area contributed by atoms with Gasteiger partial charge in [0.05, 0.1) is 10.2 Å². The Labute approximate surface area is 165 Å². The summed E-state index contributed by atoms with van der Waals surface area (Å²) in [6.45, 7) is 3.94. The molecule has 3 heterocycles. The van der Waals surface area contributed by atoms with E-state index in [1.165, 1.54) is 11.3 Å². The number of fused-ring (bicyclic) bond motifs is 1. The van der Waals surface area contributed by atoms with Crippen molar-refractivity contribution in [1.82, 2.24) is 15.2 Å². The van der Waals surface area contributed by atoms with Gasteiger partial charge in [-0.2, -0.15) is 0 Å². The molecule has 0 unspecified atom stereocenters. The Morgan fingerprint density at radius 1 is 1.14 bits per heavy atom. The van der Waals surface area contributed by atoms with Crippen molar-refractivity contribution in [3.63, 3.8) is 0 Å². The number of nitrogens with zero attached hydrogens (tertiary/aromatic N) is 4. The van der Waals surface area contributed by atoms with Crippen LogP contribution in [0.15, 0.2) is 52.9 Å². The average Bonchev–Trinajstić information content (AvgIpc) is 3.46. The lowest BCUT2D eigenvalue weighted by atomic mass is 10.1. The normalized spacial score (nSPS) is 16.8. The van der Waals surface area contributed by atoms with Crippen molar-refractivity contribution in [2.75, 3.05) is 18.0 Å². The third-order valence-corrected chi connectivity index (χ3v) is 6.01. The molecule has 0 saturated carbocycles. The Bertz CT molecular complexity index is 1150. The van der Waals surface area contributed by atoms with Crippen LogP contribution in [0.5, 0.6) is 0 Å². The highest BCUT2D eigenvalue weighted by Crippen LogP contribution is 2.30. The number of hydrogen-bond donors (Lipinski definition) is 0. The van der Waals surface area contributed by atoms with E-state index in [-0.39, 0.29) is 11.7 Å². The van der Waals surface area contributed by atoms with Crippen LogP contribution in [0.25, 0.3) is 21.3 Å². The Hall–Kier alpha value is -3.06. The molecule has 1 atom stereocenters. The first kappa shape index (κ1) is 17.1. The topological polar surface area (TPSA) is 72.1 Å². The molecule has 28 heavy (non-hydrogen) atoms. The van der Waals surface area contributed by atoms with Crippen LogP contribution < -0.4 is 4.90 Å². The molecule has 0 aliphatic carbocycles. The monoisotopic (exact) mass is 390 g/mol. The second-order valence-corrected chi connectivity index (χ2v) is 8.16. The summed E-state index contributed by atoms with van der Waals surface area (Å²) in [4.78, 5) is 19.3. The molecule has 2 aromatic heterocycles. The van der Waals surface area contributed by atoms with Crippen LogP contribution >= 0.6 is 11.3 Å². The van der Waals surface area contributed by atoms with Crippen LogP contribution in [0.1, 0.15) is 29.0 Å². The molecular formula is C21H18N4O2S. The van der Waals surface area contributed by atoms with Gasteiger partial charge in [-0.15, -0.1) is 16.4 Å². The van der Waals surface area contributed by atoms with Crippen molar-refractivity contribution in [2.24, 2.45) is 5.92 Å². The Morgan fingerprint density at radius 3 is 2.79 bits per heavy atom. The van der Waals surface area contributed by atoms with Gasteiger partial charge in [0.15, 0.2) is 5.01 Å². The number of thiazole rings is 1. The molecule has 6 nitrogen and oxygen atoms in total. The second-order valence-electron chi connectivity index (χ2n) is 7.13. The first-order valence-electron chi connectivity index (χ1n) is 9.26. The fourth-order valence-corrected chi connectivity index (χ4v) is 4.40. The number of benzene rings is 2. The minimum atomic E-state index is -0.326. The van der Waals surface area contributed by atoms with Crippen LogP contribution in [0.2, 0.25) is 0 Å². The molecule has 0 N–H and O–H groups in total. The molecule has 5 rings (SSSR count). The highest BCUT2D eigenvalue weighted by molar-refractivity contribution is 7.20. The van der Waals surface area contributed by atoms with E-state index in [4.69, 9.17) is 4.42 Å². The average molecular weight is 390 g/mol. The van der Waals surface area contributed by atoms with E-state index >= 15 is 0 Å². The predicted octanol–water partition coefficient (Wildman–Crippen LogP) is 4.42. The maximum atomic E-state index is 12.8. The summed E-state index contributed by atoms with van der Waals surface area (Å²) in [5.74, 6) is 0.263. The molecule has 1 aliphatic rings. The Kier molecular flexibility index (Phi) is 4.16. The molecule has 1 saturated heterocycles. The van der Waals surface area contributed by atoms with Gasteiger partial charge in [-0.1, -0.05) is 48.4 Å². The van der Waals surface area contributed by atoms with E-state index in [0.717, 1.165) is 40.9 Å². The van der Waals surface area contributed by atoms with Crippen LogP contribution in [0.4, 0.5) is 6.01 Å². The van der Waals surface area contributed by atoms with E-state index in [9.17, 15) is 4.79 Å². The van der Waals surface area contributed by atoms with Gasteiger partial charge in [-0.3, -0.25) is 4.79 Å². The van der Waals surface area contributed by atoms with E-state index in [1.54, 1.807) is 0 Å². The van der Waals surface area contributed by atoms with Gasteiger partial charge in [0, 0.05) is 13.1 Å². The number of aromatic nitrogens is 3. The first-order valence-corrected chi connectivity index (χ1v) is 10.1. The number of carbonyl (C=O) groups excluding carboxylic acids is 1. The summed E-state index contributed by atoms with van der Waals surface area (Å²) >= 11 is 1.35. The lowest BCUT2D eigenvalue weighted by Gasteiger charge is -2.10. The van der Waals surface area contributed by atoms with Gasteiger partial charge in [-0.05, 0) is 35.6 Å². The van der Waals surface area contributed by atoms with E-state index in [2.05, 4.69) is 40.3 Å². The Balaban J connectivity index is 1.43. The predicted molar refractivity (Wildman–Crippen MR) is 109 cm³/mol. The number of rotatable bonds is 4. The van der Waals surface area contributed by atoms with E-state index in [0.29, 0.717) is 16.9 Å². The second kappa shape index (κ2) is 6.83. The zero-order valence-electron chi connectivity index (χ0n) is 15.3. The van der Waals surface area contributed by atoms with Gasteiger partial charge in [-0.25, -0.2) is 4.98 Å². The molecule has 0 amide bonds. The molecule has 1 fully saturated rings. The van der Waals surface area contributed by atoms with Crippen molar-refractivity contribution in [1.29, 1.82) is 0 Å². The van der Waals surface area contributed by atoms with Gasteiger partial charge in [0.25, 0.3) is 11.7 Å². The lowest BCUT2D eigenvalue weighted by Crippen LogP contribution is -2.19. The van der Waals surface area contributed by atoms with Crippen molar-refractivity contribution in [2.45, 2.75) is 13.3 Å². The molecule has 4 aromatic rings. The van der Waals surface area contributed by atoms with Crippen LogP contribution in [-0.2, 0) is 0 Å². The van der Waals surface area contributed by atoms with Gasteiger partial charge >= 0.3 is 6.01 Å². The highest BCUT2D eigenvalue weighted by atomic mass is 32.1. The van der Waals surface area contributed by atoms with Crippen molar-refractivity contribution in [3.8, 4) is 11.1 Å². The molecule has 0 spiro atoms. The Morgan fingerprint density at radius 2 is 2.00 bits per heavy atom. The van der Waals surface area contributed by atoms with Gasteiger partial charge in [0.1, 0.15) is 0 Å². The maximum absolute atomic E-state index is 12.8. The van der Waals surface area contributed by atoms with Crippen molar-refractivity contribution >= 4 is 33.4 Å². The minimum Gasteiger partial charge on any atom is -0.400 e. The zero-order chi connectivity index (χ0) is 19.1. The fourth-order valence-electron chi connectivity index (χ4n) is 3.47. The van der Waals surface area contributed by atoms with Crippen LogP contribution in [0.3, 0.4) is 0 Å². The molecule has 2 aromatic carbocycles. The molecule has 0 bridgehead atoms. The maximum Gasteiger partial charge on any atom is 0.318 e. The summed E-state index contributed by atoms with van der Waals surface area (Å²) < 4.78 is 6.60. The number of anilines is 1. The molecule has 140 valence electrons.